The van der Waals surface area contributed by atoms with Crippen molar-refractivity contribution in [1.82, 2.24) is 9.78 Å². The van der Waals surface area contributed by atoms with Crippen LogP contribution in [0.25, 0.3) is 0 Å². The zero-order valence-corrected chi connectivity index (χ0v) is 9.60. The zero-order chi connectivity index (χ0) is 11.5. The van der Waals surface area contributed by atoms with Gasteiger partial charge < -0.3 is 9.47 Å². The topological polar surface area (TPSA) is 53.4 Å². The predicted octanol–water partition coefficient (Wildman–Crippen LogP) is 1.28. The average molecular weight is 224 g/mol. The van der Waals surface area contributed by atoms with Crippen LogP contribution in [0.1, 0.15) is 35.9 Å². The van der Waals surface area contributed by atoms with Gasteiger partial charge in [-0.2, -0.15) is 5.10 Å². The summed E-state index contributed by atoms with van der Waals surface area (Å²) in [4.78, 5) is 11.5. The molecule has 2 rings (SSSR count). The summed E-state index contributed by atoms with van der Waals surface area (Å²) in [6, 6.07) is 1.72. The van der Waals surface area contributed by atoms with E-state index in [1.54, 1.807) is 20.0 Å². The van der Waals surface area contributed by atoms with E-state index in [1.165, 1.54) is 4.68 Å². The second kappa shape index (κ2) is 4.65. The lowest BCUT2D eigenvalue weighted by molar-refractivity contribution is 0.0513. The van der Waals surface area contributed by atoms with Gasteiger partial charge in [-0.1, -0.05) is 0 Å². The molecule has 0 aromatic carbocycles. The van der Waals surface area contributed by atoms with Gasteiger partial charge in [-0.3, -0.25) is 4.68 Å². The molecule has 16 heavy (non-hydrogen) atoms. The molecule has 1 aliphatic rings. The number of aromatic nitrogens is 2. The molecule has 0 atom stereocenters. The van der Waals surface area contributed by atoms with Crippen LogP contribution >= 0.6 is 0 Å². The molecule has 0 aliphatic heterocycles. The second-order valence-electron chi connectivity index (χ2n) is 3.88. The molecule has 1 fully saturated rings. The molecule has 1 aromatic heterocycles. The number of hydrogen-bond acceptors (Lipinski definition) is 4. The largest absolute Gasteiger partial charge is 0.461 e. The van der Waals surface area contributed by atoms with Crippen LogP contribution < -0.4 is 0 Å². The fraction of sp³-hybridized carbons (Fsp3) is 0.636. The van der Waals surface area contributed by atoms with Crippen LogP contribution in [0, 0.1) is 0 Å². The van der Waals surface area contributed by atoms with Gasteiger partial charge in [0.25, 0.3) is 0 Å². The van der Waals surface area contributed by atoms with Gasteiger partial charge in [0.05, 0.1) is 25.0 Å². The summed E-state index contributed by atoms with van der Waals surface area (Å²) in [7, 11) is 1.73. The van der Waals surface area contributed by atoms with Crippen molar-refractivity contribution in [1.29, 1.82) is 0 Å². The highest BCUT2D eigenvalue weighted by molar-refractivity contribution is 5.87. The van der Waals surface area contributed by atoms with Gasteiger partial charge in [0.1, 0.15) is 5.69 Å². The second-order valence-corrected chi connectivity index (χ2v) is 3.88. The van der Waals surface area contributed by atoms with E-state index in [-0.39, 0.29) is 5.97 Å². The molecule has 0 saturated heterocycles. The summed E-state index contributed by atoms with van der Waals surface area (Å²) in [6.45, 7) is 2.63. The highest BCUT2D eigenvalue weighted by atomic mass is 16.5. The Morgan fingerprint density at radius 1 is 1.62 bits per heavy atom. The lowest BCUT2D eigenvalue weighted by Crippen LogP contribution is -2.10. The summed E-state index contributed by atoms with van der Waals surface area (Å²) < 4.78 is 12.0. The van der Waals surface area contributed by atoms with Crippen molar-refractivity contribution >= 4 is 5.97 Å². The van der Waals surface area contributed by atoms with Crippen LogP contribution in [0.15, 0.2) is 6.07 Å². The fourth-order valence-corrected chi connectivity index (χ4v) is 1.43. The Balaban J connectivity index is 1.98. The SMILES string of the molecule is CCOC(=O)c1cc(COC2CC2)nn1C. The van der Waals surface area contributed by atoms with Crippen LogP contribution in [-0.4, -0.2) is 28.5 Å². The average Bonchev–Trinajstić information content (AvgIpc) is 3.00. The first-order valence-corrected chi connectivity index (χ1v) is 5.52. The maximum atomic E-state index is 11.5. The van der Waals surface area contributed by atoms with Crippen molar-refractivity contribution in [3.63, 3.8) is 0 Å². The van der Waals surface area contributed by atoms with E-state index in [9.17, 15) is 4.79 Å². The summed E-state index contributed by atoms with van der Waals surface area (Å²) in [5.41, 5.74) is 1.24. The molecule has 1 saturated carbocycles. The first-order chi connectivity index (χ1) is 7.70. The molecule has 0 N–H and O–H groups in total. The molecule has 0 bridgehead atoms. The van der Waals surface area contributed by atoms with Crippen LogP contribution in [0.2, 0.25) is 0 Å². The van der Waals surface area contributed by atoms with Gasteiger partial charge in [-0.15, -0.1) is 0 Å². The summed E-state index contributed by atoms with van der Waals surface area (Å²) in [5, 5.41) is 4.20. The number of esters is 1. The molecule has 1 heterocycles. The van der Waals surface area contributed by atoms with Crippen molar-refractivity contribution < 1.29 is 14.3 Å². The van der Waals surface area contributed by atoms with E-state index in [0.29, 0.717) is 25.0 Å². The number of ether oxygens (including phenoxy) is 2. The number of nitrogens with zero attached hydrogens (tertiary/aromatic N) is 2. The maximum Gasteiger partial charge on any atom is 0.356 e. The van der Waals surface area contributed by atoms with E-state index in [4.69, 9.17) is 9.47 Å². The van der Waals surface area contributed by atoms with Gasteiger partial charge >= 0.3 is 5.97 Å². The number of carbonyl (C=O) groups excluding carboxylic acids is 1. The van der Waals surface area contributed by atoms with Crippen molar-refractivity contribution in [2.75, 3.05) is 6.61 Å². The summed E-state index contributed by atoms with van der Waals surface area (Å²) in [6.07, 6.45) is 2.67. The Hall–Kier alpha value is -1.36. The molecular weight excluding hydrogens is 208 g/mol. The zero-order valence-electron chi connectivity index (χ0n) is 9.60. The number of rotatable bonds is 5. The third-order valence-electron chi connectivity index (χ3n) is 2.41. The monoisotopic (exact) mass is 224 g/mol. The van der Waals surface area contributed by atoms with Crippen LogP contribution in [0.4, 0.5) is 0 Å². The Kier molecular flexibility index (Phi) is 3.24. The first-order valence-electron chi connectivity index (χ1n) is 5.52. The third kappa shape index (κ3) is 2.61. The third-order valence-corrected chi connectivity index (χ3v) is 2.41. The molecule has 0 radical (unpaired) electrons. The molecule has 88 valence electrons. The number of carbonyl (C=O) groups is 1. The minimum atomic E-state index is -0.338. The van der Waals surface area contributed by atoms with Crippen molar-refractivity contribution in [2.24, 2.45) is 7.05 Å². The van der Waals surface area contributed by atoms with Crippen molar-refractivity contribution in [3.05, 3.63) is 17.5 Å². The minimum Gasteiger partial charge on any atom is -0.461 e. The van der Waals surface area contributed by atoms with E-state index < -0.39 is 0 Å². The number of hydrogen-bond donors (Lipinski definition) is 0. The minimum absolute atomic E-state index is 0.338. The van der Waals surface area contributed by atoms with E-state index in [2.05, 4.69) is 5.10 Å². The molecule has 1 aliphatic carbocycles. The molecule has 5 heteroatoms. The predicted molar refractivity (Wildman–Crippen MR) is 57.0 cm³/mol. The van der Waals surface area contributed by atoms with Gasteiger partial charge in [0.15, 0.2) is 0 Å². The molecule has 0 spiro atoms. The van der Waals surface area contributed by atoms with E-state index in [1.807, 2.05) is 0 Å². The van der Waals surface area contributed by atoms with Crippen LogP contribution in [0.3, 0.4) is 0 Å². The van der Waals surface area contributed by atoms with Crippen LogP contribution in [0.5, 0.6) is 0 Å². The molecule has 1 aromatic rings. The Labute approximate surface area is 94.3 Å². The normalized spacial score (nSPS) is 15.1. The van der Waals surface area contributed by atoms with Crippen LogP contribution in [-0.2, 0) is 23.1 Å². The maximum absolute atomic E-state index is 11.5. The van der Waals surface area contributed by atoms with Gasteiger partial charge in [0.2, 0.25) is 0 Å². The standard InChI is InChI=1S/C11H16N2O3/c1-3-15-11(14)10-6-8(12-13(10)2)7-16-9-4-5-9/h6,9H,3-5,7H2,1-2H3. The van der Waals surface area contributed by atoms with E-state index >= 15 is 0 Å². The Morgan fingerprint density at radius 3 is 3.00 bits per heavy atom. The Morgan fingerprint density at radius 2 is 2.38 bits per heavy atom. The number of aryl methyl sites for hydroxylation is 1. The van der Waals surface area contributed by atoms with Gasteiger partial charge in [-0.05, 0) is 25.8 Å². The Bertz CT molecular complexity index is 383. The van der Waals surface area contributed by atoms with E-state index in [0.717, 1.165) is 18.5 Å². The molecule has 0 unspecified atom stereocenters. The molecule has 5 nitrogen and oxygen atoms in total. The summed E-state index contributed by atoms with van der Waals surface area (Å²) >= 11 is 0. The quantitative estimate of drug-likeness (QED) is 0.707. The molecule has 0 amide bonds. The summed E-state index contributed by atoms with van der Waals surface area (Å²) in [5.74, 6) is -0.338. The highest BCUT2D eigenvalue weighted by Gasteiger charge is 2.23. The van der Waals surface area contributed by atoms with Gasteiger partial charge in [0, 0.05) is 7.05 Å². The molecular formula is C11H16N2O3. The smallest absolute Gasteiger partial charge is 0.356 e. The lowest BCUT2D eigenvalue weighted by Gasteiger charge is -1.99. The van der Waals surface area contributed by atoms with Gasteiger partial charge in [-0.25, -0.2) is 4.79 Å². The fourth-order valence-electron chi connectivity index (χ4n) is 1.43. The highest BCUT2D eigenvalue weighted by Crippen LogP contribution is 2.24. The van der Waals surface area contributed by atoms with Crippen molar-refractivity contribution in [3.8, 4) is 0 Å². The first kappa shape index (κ1) is 11.1. The lowest BCUT2D eigenvalue weighted by atomic mass is 10.3. The van der Waals surface area contributed by atoms with Crippen molar-refractivity contribution in [2.45, 2.75) is 32.5 Å².